The van der Waals surface area contributed by atoms with Gasteiger partial charge in [-0.15, -0.1) is 0 Å². The van der Waals surface area contributed by atoms with Crippen molar-refractivity contribution in [3.63, 3.8) is 0 Å². The molecule has 1 amide bonds. The lowest BCUT2D eigenvalue weighted by molar-refractivity contribution is 0.0775. The molecule has 0 aromatic carbocycles. The maximum Gasteiger partial charge on any atom is 0.407 e. The number of aromatic nitrogens is 6. The summed E-state index contributed by atoms with van der Waals surface area (Å²) in [5.74, 6) is 1.12. The largest absolute Gasteiger partial charge is 0.471 e. The molecule has 1 unspecified atom stereocenters. The summed E-state index contributed by atoms with van der Waals surface area (Å²) in [6.07, 6.45) is 3.61. The number of hydrogen-bond acceptors (Lipinski definition) is 6. The van der Waals surface area contributed by atoms with Gasteiger partial charge in [-0.3, -0.25) is 4.68 Å². The number of ether oxygens (including phenoxy) is 1. The van der Waals surface area contributed by atoms with E-state index in [1.807, 2.05) is 30.1 Å². The van der Waals surface area contributed by atoms with Gasteiger partial charge in [-0.2, -0.15) is 10.1 Å². The fourth-order valence-corrected chi connectivity index (χ4v) is 3.66. The number of amides is 1. The zero-order valence-corrected chi connectivity index (χ0v) is 16.2. The molecule has 3 aromatic rings. The highest BCUT2D eigenvalue weighted by atomic mass is 16.5. The third-order valence-electron chi connectivity index (χ3n) is 5.19. The first-order chi connectivity index (χ1) is 13.5. The normalized spacial score (nSPS) is 17.2. The van der Waals surface area contributed by atoms with Crippen molar-refractivity contribution in [2.75, 3.05) is 13.1 Å². The fraction of sp³-hybridized carbons (Fsp3) is 0.500. The Kier molecular flexibility index (Phi) is 4.62. The number of piperidine rings is 1. The van der Waals surface area contributed by atoms with Crippen LogP contribution in [0.5, 0.6) is 5.88 Å². The monoisotopic (exact) mass is 385 g/mol. The first-order valence-electron chi connectivity index (χ1n) is 9.34. The summed E-state index contributed by atoms with van der Waals surface area (Å²) in [7, 11) is 1.90. The molecule has 4 heterocycles. The molecule has 0 spiro atoms. The smallest absolute Gasteiger partial charge is 0.407 e. The Morgan fingerprint density at radius 2 is 2.21 bits per heavy atom. The van der Waals surface area contributed by atoms with Crippen LogP contribution in [0.4, 0.5) is 4.79 Å². The molecular formula is C18H23N7O3. The van der Waals surface area contributed by atoms with E-state index in [4.69, 9.17) is 9.72 Å². The van der Waals surface area contributed by atoms with E-state index >= 15 is 0 Å². The maximum atomic E-state index is 11.2. The van der Waals surface area contributed by atoms with Crippen LogP contribution in [0.15, 0.2) is 12.5 Å². The van der Waals surface area contributed by atoms with Gasteiger partial charge in [0.15, 0.2) is 11.2 Å². The molecule has 1 saturated heterocycles. The van der Waals surface area contributed by atoms with Crippen LogP contribution in [0.2, 0.25) is 0 Å². The first-order valence-corrected chi connectivity index (χ1v) is 9.34. The van der Waals surface area contributed by atoms with E-state index in [-0.39, 0.29) is 6.10 Å². The van der Waals surface area contributed by atoms with Gasteiger partial charge < -0.3 is 19.3 Å². The second-order valence-electron chi connectivity index (χ2n) is 6.92. The number of nitrogens with zero attached hydrogens (tertiary/aromatic N) is 7. The van der Waals surface area contributed by atoms with Gasteiger partial charge in [-0.05, 0) is 26.7 Å². The second-order valence-corrected chi connectivity index (χ2v) is 6.92. The van der Waals surface area contributed by atoms with Crippen molar-refractivity contribution in [2.24, 2.45) is 7.05 Å². The molecule has 4 rings (SSSR count). The summed E-state index contributed by atoms with van der Waals surface area (Å²) < 4.78 is 9.88. The molecule has 1 fully saturated rings. The Morgan fingerprint density at radius 3 is 2.93 bits per heavy atom. The first kappa shape index (κ1) is 18.2. The molecule has 1 atom stereocenters. The fourth-order valence-electron chi connectivity index (χ4n) is 3.66. The Morgan fingerprint density at radius 1 is 1.39 bits per heavy atom. The number of carboxylic acid groups (broad SMARTS) is 1. The number of fused-ring (bicyclic) bond motifs is 1. The van der Waals surface area contributed by atoms with Crippen LogP contribution < -0.4 is 4.74 Å². The molecule has 28 heavy (non-hydrogen) atoms. The van der Waals surface area contributed by atoms with Gasteiger partial charge in [0.1, 0.15) is 18.3 Å². The molecular weight excluding hydrogens is 362 g/mol. The van der Waals surface area contributed by atoms with Crippen molar-refractivity contribution in [3.05, 3.63) is 18.2 Å². The molecule has 0 aliphatic carbocycles. The van der Waals surface area contributed by atoms with Gasteiger partial charge in [0.05, 0.1) is 18.3 Å². The van der Waals surface area contributed by atoms with Gasteiger partial charge in [0.25, 0.3) is 0 Å². The molecule has 148 valence electrons. The Balaban J connectivity index is 1.69. The molecule has 1 aliphatic heterocycles. The minimum absolute atomic E-state index is 0.252. The number of likely N-dealkylation sites (tertiary alicyclic amines) is 1. The number of aryl methyl sites for hydroxylation is 2. The Hall–Kier alpha value is -3.17. The lowest BCUT2D eigenvalue weighted by Gasteiger charge is -2.30. The SMILES string of the molecule is CCn1ncc(-c2nc3c(OC4CCCN(C(=O)O)C4)ncnc3n2C)c1C. The van der Waals surface area contributed by atoms with Crippen molar-refractivity contribution >= 4 is 17.3 Å². The lowest BCUT2D eigenvalue weighted by atomic mass is 10.1. The van der Waals surface area contributed by atoms with Gasteiger partial charge in [-0.25, -0.2) is 14.8 Å². The zero-order valence-electron chi connectivity index (χ0n) is 16.2. The summed E-state index contributed by atoms with van der Waals surface area (Å²) in [4.78, 5) is 26.0. The van der Waals surface area contributed by atoms with E-state index in [0.717, 1.165) is 36.5 Å². The zero-order chi connectivity index (χ0) is 19.8. The van der Waals surface area contributed by atoms with Crippen LogP contribution in [0, 0.1) is 6.92 Å². The number of carbonyl (C=O) groups is 1. The number of imidazole rings is 1. The molecule has 0 saturated carbocycles. The summed E-state index contributed by atoms with van der Waals surface area (Å²) in [5.41, 5.74) is 3.19. The van der Waals surface area contributed by atoms with Crippen LogP contribution in [0.1, 0.15) is 25.5 Å². The van der Waals surface area contributed by atoms with E-state index in [1.165, 1.54) is 11.2 Å². The number of rotatable bonds is 4. The van der Waals surface area contributed by atoms with Crippen LogP contribution in [0.25, 0.3) is 22.6 Å². The predicted octanol–water partition coefficient (Wildman–Crippen LogP) is 2.08. The standard InChI is InChI=1S/C18H23N7O3/c1-4-25-11(2)13(8-21-25)15-22-14-16(23(15)3)19-10-20-17(14)28-12-6-5-7-24(9-12)18(26)27/h8,10,12H,4-7,9H2,1-3H3,(H,26,27). The molecule has 1 aliphatic rings. The van der Waals surface area contributed by atoms with Gasteiger partial charge in [-0.1, -0.05) is 0 Å². The topological polar surface area (TPSA) is 111 Å². The van der Waals surface area contributed by atoms with Gasteiger partial charge in [0, 0.05) is 25.8 Å². The van der Waals surface area contributed by atoms with E-state index in [9.17, 15) is 9.90 Å². The van der Waals surface area contributed by atoms with E-state index < -0.39 is 6.09 Å². The average molecular weight is 385 g/mol. The van der Waals surface area contributed by atoms with E-state index in [1.54, 1.807) is 6.20 Å². The van der Waals surface area contributed by atoms with E-state index in [2.05, 4.69) is 15.1 Å². The van der Waals surface area contributed by atoms with Crippen LogP contribution >= 0.6 is 0 Å². The van der Waals surface area contributed by atoms with Crippen molar-refractivity contribution in [2.45, 2.75) is 39.3 Å². The third kappa shape index (κ3) is 3.04. The predicted molar refractivity (Wildman–Crippen MR) is 101 cm³/mol. The molecule has 3 aromatic heterocycles. The molecule has 10 nitrogen and oxygen atoms in total. The Labute approximate surface area is 161 Å². The highest BCUT2D eigenvalue weighted by Crippen LogP contribution is 2.29. The molecule has 0 radical (unpaired) electrons. The quantitative estimate of drug-likeness (QED) is 0.732. The van der Waals surface area contributed by atoms with Gasteiger partial charge in [0.2, 0.25) is 5.88 Å². The van der Waals surface area contributed by atoms with Gasteiger partial charge >= 0.3 is 6.09 Å². The van der Waals surface area contributed by atoms with Crippen molar-refractivity contribution in [1.29, 1.82) is 0 Å². The van der Waals surface area contributed by atoms with Crippen LogP contribution in [-0.4, -0.2) is 64.6 Å². The highest BCUT2D eigenvalue weighted by molar-refractivity contribution is 5.81. The summed E-state index contributed by atoms with van der Waals surface area (Å²) in [5, 5.41) is 13.6. The summed E-state index contributed by atoms with van der Waals surface area (Å²) in [6, 6.07) is 0. The van der Waals surface area contributed by atoms with Crippen molar-refractivity contribution in [3.8, 4) is 17.3 Å². The second kappa shape index (κ2) is 7.10. The number of hydrogen-bond donors (Lipinski definition) is 1. The maximum absolute atomic E-state index is 11.2. The molecule has 0 bridgehead atoms. The summed E-state index contributed by atoms with van der Waals surface area (Å²) in [6.45, 7) is 5.69. The molecule has 1 N–H and O–H groups in total. The summed E-state index contributed by atoms with van der Waals surface area (Å²) >= 11 is 0. The van der Waals surface area contributed by atoms with Crippen molar-refractivity contribution < 1.29 is 14.6 Å². The highest BCUT2D eigenvalue weighted by Gasteiger charge is 2.26. The minimum atomic E-state index is -0.926. The van der Waals surface area contributed by atoms with Crippen LogP contribution in [0.3, 0.4) is 0 Å². The van der Waals surface area contributed by atoms with Crippen LogP contribution in [-0.2, 0) is 13.6 Å². The van der Waals surface area contributed by atoms with E-state index in [0.29, 0.717) is 30.1 Å². The molecule has 10 heteroatoms. The minimum Gasteiger partial charge on any atom is -0.471 e. The third-order valence-corrected chi connectivity index (χ3v) is 5.19. The average Bonchev–Trinajstić information content (AvgIpc) is 3.22. The lowest BCUT2D eigenvalue weighted by Crippen LogP contribution is -2.43. The Bertz CT molecular complexity index is 1030. The van der Waals surface area contributed by atoms with Crippen molar-refractivity contribution in [1.82, 2.24) is 34.2 Å².